The van der Waals surface area contributed by atoms with Crippen LogP contribution < -0.4 is 10.1 Å². The molecule has 1 unspecified atom stereocenters. The lowest BCUT2D eigenvalue weighted by atomic mass is 10.0. The molecule has 0 aliphatic carbocycles. The molecule has 1 heterocycles. The minimum absolute atomic E-state index is 0.0692. The van der Waals surface area contributed by atoms with Crippen molar-refractivity contribution in [2.45, 2.75) is 25.8 Å². The van der Waals surface area contributed by atoms with Gasteiger partial charge in [-0.05, 0) is 31.0 Å². The Bertz CT molecular complexity index is 563. The summed E-state index contributed by atoms with van der Waals surface area (Å²) in [5.74, 6) is -0.0481. The fourth-order valence-electron chi connectivity index (χ4n) is 2.18. The Morgan fingerprint density at radius 3 is 2.86 bits per heavy atom. The van der Waals surface area contributed by atoms with Gasteiger partial charge in [-0.15, -0.1) is 0 Å². The molecule has 1 aromatic carbocycles. The van der Waals surface area contributed by atoms with Crippen molar-refractivity contribution in [3.05, 3.63) is 53.9 Å². The predicted octanol–water partition coefficient (Wildman–Crippen LogP) is 2.91. The summed E-state index contributed by atoms with van der Waals surface area (Å²) in [7, 11) is 1.47. The highest BCUT2D eigenvalue weighted by Crippen LogP contribution is 2.24. The second kappa shape index (κ2) is 7.69. The lowest BCUT2D eigenvalue weighted by Crippen LogP contribution is -2.25. The molecule has 21 heavy (non-hydrogen) atoms. The third kappa shape index (κ3) is 3.98. The van der Waals surface area contributed by atoms with Crippen LogP contribution in [0.25, 0.3) is 0 Å². The normalized spacial score (nSPS) is 12.1. The van der Waals surface area contributed by atoms with Gasteiger partial charge in [0, 0.05) is 18.6 Å². The van der Waals surface area contributed by atoms with Gasteiger partial charge in [0.25, 0.3) is 0 Å². The summed E-state index contributed by atoms with van der Waals surface area (Å²) in [5, 5.41) is 3.39. The highest BCUT2D eigenvalue weighted by molar-refractivity contribution is 5.32. The molecule has 112 valence electrons. The molecular weight excluding hydrogens is 269 g/mol. The average Bonchev–Trinajstić information content (AvgIpc) is 2.53. The van der Waals surface area contributed by atoms with E-state index in [1.165, 1.54) is 7.11 Å². The van der Waals surface area contributed by atoms with Gasteiger partial charge in [0.1, 0.15) is 0 Å². The van der Waals surface area contributed by atoms with Crippen LogP contribution in [0.2, 0.25) is 0 Å². The fourth-order valence-corrected chi connectivity index (χ4v) is 2.18. The molecule has 0 fully saturated rings. The van der Waals surface area contributed by atoms with Crippen molar-refractivity contribution in [3.8, 4) is 5.75 Å². The molecule has 0 saturated carbocycles. The highest BCUT2D eigenvalue weighted by Gasteiger charge is 2.17. The third-order valence-electron chi connectivity index (χ3n) is 3.27. The molecule has 0 amide bonds. The van der Waals surface area contributed by atoms with Crippen LogP contribution in [0.4, 0.5) is 4.39 Å². The molecule has 0 spiro atoms. The van der Waals surface area contributed by atoms with Crippen LogP contribution >= 0.6 is 0 Å². The first-order valence-electron chi connectivity index (χ1n) is 7.07. The van der Waals surface area contributed by atoms with E-state index in [1.807, 2.05) is 0 Å². The van der Waals surface area contributed by atoms with Crippen molar-refractivity contribution < 1.29 is 9.13 Å². The number of aromatic nitrogens is 2. The summed E-state index contributed by atoms with van der Waals surface area (Å²) in [6.07, 6.45) is 6.49. The molecule has 0 radical (unpaired) electrons. The Labute approximate surface area is 124 Å². The zero-order chi connectivity index (χ0) is 15.1. The van der Waals surface area contributed by atoms with E-state index in [2.05, 4.69) is 22.2 Å². The quantitative estimate of drug-likeness (QED) is 0.851. The second-order valence-corrected chi connectivity index (χ2v) is 4.77. The van der Waals surface area contributed by atoms with Crippen molar-refractivity contribution in [1.82, 2.24) is 15.3 Å². The third-order valence-corrected chi connectivity index (χ3v) is 3.27. The molecule has 1 aromatic heterocycles. The van der Waals surface area contributed by atoms with Gasteiger partial charge in [-0.2, -0.15) is 0 Å². The van der Waals surface area contributed by atoms with Crippen LogP contribution in [-0.2, 0) is 6.42 Å². The van der Waals surface area contributed by atoms with E-state index in [1.54, 1.807) is 36.8 Å². The number of rotatable bonds is 7. The Balaban J connectivity index is 2.23. The smallest absolute Gasteiger partial charge is 0.168 e. The summed E-state index contributed by atoms with van der Waals surface area (Å²) < 4.78 is 19.3. The number of benzene rings is 1. The minimum Gasteiger partial charge on any atom is -0.494 e. The second-order valence-electron chi connectivity index (χ2n) is 4.77. The summed E-state index contributed by atoms with van der Waals surface area (Å²) in [6.45, 7) is 2.93. The van der Waals surface area contributed by atoms with E-state index in [0.29, 0.717) is 12.0 Å². The maximum Gasteiger partial charge on any atom is 0.168 e. The molecule has 1 atom stereocenters. The van der Waals surface area contributed by atoms with Gasteiger partial charge in [-0.3, -0.25) is 9.97 Å². The van der Waals surface area contributed by atoms with Gasteiger partial charge in [0.15, 0.2) is 11.6 Å². The van der Waals surface area contributed by atoms with Crippen molar-refractivity contribution in [2.24, 2.45) is 0 Å². The zero-order valence-corrected chi connectivity index (χ0v) is 12.3. The van der Waals surface area contributed by atoms with Gasteiger partial charge in [0.05, 0.1) is 18.8 Å². The standard InChI is InChI=1S/C16H20FN3O/c1-3-7-19-13(14-11-18-8-9-20-14)10-12-5-4-6-15(21-2)16(12)17/h4-6,8-9,11,13,19H,3,7,10H2,1-2H3. The number of nitrogens with zero attached hydrogens (tertiary/aromatic N) is 2. The average molecular weight is 289 g/mol. The number of methoxy groups -OCH3 is 1. The first kappa shape index (κ1) is 15.4. The SMILES string of the molecule is CCCNC(Cc1cccc(OC)c1F)c1cnccn1. The lowest BCUT2D eigenvalue weighted by Gasteiger charge is -2.18. The Morgan fingerprint density at radius 2 is 2.19 bits per heavy atom. The van der Waals surface area contributed by atoms with E-state index < -0.39 is 0 Å². The van der Waals surface area contributed by atoms with Crippen LogP contribution in [0.3, 0.4) is 0 Å². The maximum atomic E-state index is 14.3. The lowest BCUT2D eigenvalue weighted by molar-refractivity contribution is 0.382. The van der Waals surface area contributed by atoms with Crippen LogP contribution in [0.15, 0.2) is 36.8 Å². The van der Waals surface area contributed by atoms with Crippen LogP contribution in [0.5, 0.6) is 5.75 Å². The molecule has 2 aromatic rings. The van der Waals surface area contributed by atoms with Gasteiger partial charge < -0.3 is 10.1 Å². The monoisotopic (exact) mass is 289 g/mol. The first-order valence-corrected chi connectivity index (χ1v) is 7.07. The largest absolute Gasteiger partial charge is 0.494 e. The molecule has 2 rings (SSSR count). The predicted molar refractivity (Wildman–Crippen MR) is 79.7 cm³/mol. The van der Waals surface area contributed by atoms with Crippen LogP contribution in [0, 0.1) is 5.82 Å². The highest BCUT2D eigenvalue weighted by atomic mass is 19.1. The van der Waals surface area contributed by atoms with E-state index in [9.17, 15) is 4.39 Å². The topological polar surface area (TPSA) is 47.0 Å². The number of halogens is 1. The molecule has 1 N–H and O–H groups in total. The van der Waals surface area contributed by atoms with Gasteiger partial charge in [-0.1, -0.05) is 19.1 Å². The molecule has 5 heteroatoms. The van der Waals surface area contributed by atoms with Gasteiger partial charge >= 0.3 is 0 Å². The van der Waals surface area contributed by atoms with Crippen molar-refractivity contribution in [1.29, 1.82) is 0 Å². The van der Waals surface area contributed by atoms with E-state index >= 15 is 0 Å². The molecule has 0 saturated heterocycles. The summed E-state index contributed by atoms with van der Waals surface area (Å²) >= 11 is 0. The van der Waals surface area contributed by atoms with Crippen molar-refractivity contribution in [3.63, 3.8) is 0 Å². The fraction of sp³-hybridized carbons (Fsp3) is 0.375. The van der Waals surface area contributed by atoms with E-state index in [0.717, 1.165) is 18.7 Å². The molecular formula is C16H20FN3O. The molecule has 0 aliphatic heterocycles. The minimum atomic E-state index is -0.313. The zero-order valence-electron chi connectivity index (χ0n) is 12.3. The van der Waals surface area contributed by atoms with Crippen LogP contribution in [-0.4, -0.2) is 23.6 Å². The van der Waals surface area contributed by atoms with E-state index in [-0.39, 0.29) is 17.6 Å². The number of hydrogen-bond acceptors (Lipinski definition) is 4. The number of ether oxygens (including phenoxy) is 1. The van der Waals surface area contributed by atoms with Crippen LogP contribution in [0.1, 0.15) is 30.6 Å². The van der Waals surface area contributed by atoms with Crippen molar-refractivity contribution >= 4 is 0 Å². The molecule has 4 nitrogen and oxygen atoms in total. The van der Waals surface area contributed by atoms with E-state index in [4.69, 9.17) is 4.74 Å². The summed E-state index contributed by atoms with van der Waals surface area (Å²) in [5.41, 5.74) is 1.42. The Kier molecular flexibility index (Phi) is 5.63. The Morgan fingerprint density at radius 1 is 1.33 bits per heavy atom. The number of hydrogen-bond donors (Lipinski definition) is 1. The molecule has 0 bridgehead atoms. The maximum absolute atomic E-state index is 14.3. The molecule has 0 aliphatic rings. The Hall–Kier alpha value is -2.01. The van der Waals surface area contributed by atoms with Gasteiger partial charge in [-0.25, -0.2) is 4.39 Å². The summed E-state index contributed by atoms with van der Waals surface area (Å²) in [4.78, 5) is 8.41. The first-order chi connectivity index (χ1) is 10.3. The summed E-state index contributed by atoms with van der Waals surface area (Å²) in [6, 6.07) is 5.12. The van der Waals surface area contributed by atoms with Crippen molar-refractivity contribution in [2.75, 3.05) is 13.7 Å². The number of nitrogens with one attached hydrogen (secondary N) is 1. The van der Waals surface area contributed by atoms with Gasteiger partial charge in [0.2, 0.25) is 0 Å².